The first-order valence-corrected chi connectivity index (χ1v) is 20.4. The number of rotatable bonds is 11. The maximum atomic E-state index is 6.70. The Morgan fingerprint density at radius 1 is 0.450 bits per heavy atom. The van der Waals surface area contributed by atoms with Crippen molar-refractivity contribution in [2.45, 2.75) is 40.5 Å². The van der Waals surface area contributed by atoms with Crippen LogP contribution in [0.25, 0.3) is 66.6 Å². The standard InChI is InChI=1S/C51H43N7O2/c1-32(2)21-34-13-19-49(53-28-34)57-45-11-7-5-9-41(45)43-17-15-37(26-47(43)57)59-39-23-36(51-55-30-52-31-56-51)24-40(25-39)60-38-16-18-44-42-10-6-8-12-46(42)58(48(44)27-38)50-20-14-35(29-54-50)22-33(3)4/h5-20,23-33H,21-22H2,1-4H3. The molecule has 5 heterocycles. The lowest BCUT2D eigenvalue weighted by Crippen LogP contribution is -2.00. The molecule has 0 spiro atoms. The molecular formula is C51H43N7O2. The molecule has 10 aromatic rings. The maximum Gasteiger partial charge on any atom is 0.162 e. The highest BCUT2D eigenvalue weighted by Gasteiger charge is 2.18. The molecule has 10 rings (SSSR count). The van der Waals surface area contributed by atoms with Gasteiger partial charge in [-0.2, -0.15) is 0 Å². The van der Waals surface area contributed by atoms with Gasteiger partial charge in [-0.15, -0.1) is 0 Å². The maximum absolute atomic E-state index is 6.70. The fraction of sp³-hybridized carbons (Fsp3) is 0.157. The molecule has 5 aromatic heterocycles. The number of ether oxygens (including phenoxy) is 2. The fourth-order valence-electron chi connectivity index (χ4n) is 8.28. The van der Waals surface area contributed by atoms with Gasteiger partial charge >= 0.3 is 0 Å². The normalized spacial score (nSPS) is 11.8. The Morgan fingerprint density at radius 2 is 0.917 bits per heavy atom. The van der Waals surface area contributed by atoms with Crippen LogP contribution in [-0.2, 0) is 12.8 Å². The molecule has 0 aliphatic carbocycles. The van der Waals surface area contributed by atoms with Gasteiger partial charge in [0.2, 0.25) is 0 Å². The first-order valence-electron chi connectivity index (χ1n) is 20.4. The van der Waals surface area contributed by atoms with E-state index in [4.69, 9.17) is 19.4 Å². The van der Waals surface area contributed by atoms with Gasteiger partial charge in [0.1, 0.15) is 47.3 Å². The van der Waals surface area contributed by atoms with Crippen LogP contribution in [0.15, 0.2) is 152 Å². The molecule has 5 aromatic carbocycles. The van der Waals surface area contributed by atoms with Gasteiger partial charge < -0.3 is 9.47 Å². The summed E-state index contributed by atoms with van der Waals surface area (Å²) in [7, 11) is 0. The van der Waals surface area contributed by atoms with E-state index in [1.807, 2.05) is 42.7 Å². The van der Waals surface area contributed by atoms with Gasteiger partial charge in [0.25, 0.3) is 0 Å². The summed E-state index contributed by atoms with van der Waals surface area (Å²) >= 11 is 0. The first-order chi connectivity index (χ1) is 29.3. The van der Waals surface area contributed by atoms with E-state index in [-0.39, 0.29) is 0 Å². The monoisotopic (exact) mass is 785 g/mol. The van der Waals surface area contributed by atoms with E-state index in [0.29, 0.717) is 40.7 Å². The molecule has 0 amide bonds. The third-order valence-corrected chi connectivity index (χ3v) is 10.8. The molecule has 0 atom stereocenters. The number of fused-ring (bicyclic) bond motifs is 6. The molecule has 0 radical (unpaired) electrons. The van der Waals surface area contributed by atoms with Crippen LogP contribution in [0.5, 0.6) is 23.0 Å². The van der Waals surface area contributed by atoms with Crippen molar-refractivity contribution in [3.8, 4) is 46.0 Å². The smallest absolute Gasteiger partial charge is 0.162 e. The van der Waals surface area contributed by atoms with Gasteiger partial charge in [-0.05, 0) is 96.5 Å². The Bertz CT molecular complexity index is 2960. The molecule has 9 heteroatoms. The van der Waals surface area contributed by atoms with E-state index >= 15 is 0 Å². The highest BCUT2D eigenvalue weighted by Crippen LogP contribution is 2.39. The molecule has 60 heavy (non-hydrogen) atoms. The topological polar surface area (TPSA) is 92.8 Å². The van der Waals surface area contributed by atoms with E-state index in [9.17, 15) is 0 Å². The Morgan fingerprint density at radius 3 is 1.37 bits per heavy atom. The van der Waals surface area contributed by atoms with Crippen LogP contribution >= 0.6 is 0 Å². The van der Waals surface area contributed by atoms with Crippen molar-refractivity contribution in [1.29, 1.82) is 0 Å². The zero-order chi connectivity index (χ0) is 40.7. The van der Waals surface area contributed by atoms with E-state index in [1.54, 1.807) is 0 Å². The minimum atomic E-state index is 0.505. The van der Waals surface area contributed by atoms with E-state index in [0.717, 1.165) is 73.7 Å². The Balaban J connectivity index is 1.03. The van der Waals surface area contributed by atoms with Gasteiger partial charge in [-0.1, -0.05) is 76.2 Å². The zero-order valence-electron chi connectivity index (χ0n) is 33.9. The summed E-state index contributed by atoms with van der Waals surface area (Å²) in [5, 5.41) is 4.52. The molecule has 0 saturated carbocycles. The second kappa shape index (κ2) is 15.4. The molecule has 0 bridgehead atoms. The summed E-state index contributed by atoms with van der Waals surface area (Å²) < 4.78 is 17.8. The fourth-order valence-corrected chi connectivity index (χ4v) is 8.28. The van der Waals surface area contributed by atoms with E-state index < -0.39 is 0 Å². The van der Waals surface area contributed by atoms with Gasteiger partial charge in [-0.25, -0.2) is 24.9 Å². The van der Waals surface area contributed by atoms with Crippen molar-refractivity contribution in [3.63, 3.8) is 0 Å². The Labute approximate surface area is 348 Å². The third-order valence-electron chi connectivity index (χ3n) is 10.8. The average molecular weight is 786 g/mol. The molecule has 0 fully saturated rings. The number of pyridine rings is 2. The molecule has 0 N–H and O–H groups in total. The van der Waals surface area contributed by atoms with Gasteiger partial charge in [-0.3, -0.25) is 9.13 Å². The first kappa shape index (κ1) is 36.9. The minimum Gasteiger partial charge on any atom is -0.457 e. The highest BCUT2D eigenvalue weighted by atomic mass is 16.5. The second-order valence-electron chi connectivity index (χ2n) is 16.2. The van der Waals surface area contributed by atoms with Crippen molar-refractivity contribution in [3.05, 3.63) is 164 Å². The summed E-state index contributed by atoms with van der Waals surface area (Å²) in [6.45, 7) is 8.90. The molecule has 0 aliphatic heterocycles. The third kappa shape index (κ3) is 7.08. The van der Waals surface area contributed by atoms with Crippen LogP contribution in [-0.4, -0.2) is 34.1 Å². The summed E-state index contributed by atoms with van der Waals surface area (Å²) in [5.41, 5.74) is 7.33. The van der Waals surface area contributed by atoms with Gasteiger partial charge in [0.15, 0.2) is 5.82 Å². The van der Waals surface area contributed by atoms with Crippen LogP contribution in [0, 0.1) is 11.8 Å². The summed E-state index contributed by atoms with van der Waals surface area (Å²) in [5.74, 6) is 5.80. The lowest BCUT2D eigenvalue weighted by Gasteiger charge is -2.13. The zero-order valence-corrected chi connectivity index (χ0v) is 33.9. The number of nitrogens with zero attached hydrogens (tertiary/aromatic N) is 7. The molecule has 0 saturated heterocycles. The van der Waals surface area contributed by atoms with Crippen molar-refractivity contribution in [1.82, 2.24) is 34.1 Å². The number of aromatic nitrogens is 7. The quantitative estimate of drug-likeness (QED) is 0.129. The number of hydrogen-bond acceptors (Lipinski definition) is 7. The number of para-hydroxylation sites is 2. The minimum absolute atomic E-state index is 0.505. The summed E-state index contributed by atoms with van der Waals surface area (Å²) in [6.07, 6.45) is 8.92. The van der Waals surface area contributed by atoms with Gasteiger partial charge in [0.05, 0.1) is 22.1 Å². The predicted molar refractivity (Wildman–Crippen MR) is 240 cm³/mol. The SMILES string of the molecule is CC(C)Cc1ccc(-n2c3ccccc3c3ccc(Oc4cc(Oc5ccc6c7ccccc7n(-c7ccc(CC(C)C)cn7)c6c5)cc(-c5ncncn5)c4)cc32)nc1. The largest absolute Gasteiger partial charge is 0.457 e. The van der Waals surface area contributed by atoms with Crippen LogP contribution in [0.3, 0.4) is 0 Å². The van der Waals surface area contributed by atoms with Crippen LogP contribution in [0.1, 0.15) is 38.8 Å². The predicted octanol–water partition coefficient (Wildman–Crippen LogP) is 12.5. The van der Waals surface area contributed by atoms with Crippen molar-refractivity contribution < 1.29 is 9.47 Å². The molecule has 0 unspecified atom stereocenters. The van der Waals surface area contributed by atoms with Crippen LogP contribution in [0.4, 0.5) is 0 Å². The highest BCUT2D eigenvalue weighted by molar-refractivity contribution is 6.10. The average Bonchev–Trinajstić information content (AvgIpc) is 3.76. The molecular weight excluding hydrogens is 743 g/mol. The number of hydrogen-bond donors (Lipinski definition) is 0. The summed E-state index contributed by atoms with van der Waals surface area (Å²) in [4.78, 5) is 22.8. The summed E-state index contributed by atoms with van der Waals surface area (Å²) in [6, 6.07) is 43.6. The number of benzene rings is 5. The van der Waals surface area contributed by atoms with Crippen molar-refractivity contribution >= 4 is 43.6 Å². The van der Waals surface area contributed by atoms with Crippen molar-refractivity contribution in [2.24, 2.45) is 11.8 Å². The van der Waals surface area contributed by atoms with E-state index in [1.165, 1.54) is 23.8 Å². The lowest BCUT2D eigenvalue weighted by molar-refractivity contribution is 0.461. The second-order valence-corrected chi connectivity index (χ2v) is 16.2. The molecule has 294 valence electrons. The van der Waals surface area contributed by atoms with Gasteiger partial charge in [0, 0.05) is 57.7 Å². The molecule has 0 aliphatic rings. The Kier molecular flexibility index (Phi) is 9.48. The van der Waals surface area contributed by atoms with Crippen LogP contribution in [0.2, 0.25) is 0 Å². The molecule has 9 nitrogen and oxygen atoms in total. The lowest BCUT2D eigenvalue weighted by atomic mass is 10.1. The van der Waals surface area contributed by atoms with Crippen LogP contribution < -0.4 is 9.47 Å². The Hall–Kier alpha value is -7.39. The van der Waals surface area contributed by atoms with E-state index in [2.05, 4.69) is 149 Å². The van der Waals surface area contributed by atoms with Crippen molar-refractivity contribution in [2.75, 3.05) is 0 Å².